The van der Waals surface area contributed by atoms with E-state index in [9.17, 15) is 4.79 Å². The molecule has 1 rings (SSSR count). The highest BCUT2D eigenvalue weighted by molar-refractivity contribution is 6.71. The van der Waals surface area contributed by atoms with E-state index >= 15 is 0 Å². The van der Waals surface area contributed by atoms with E-state index in [0.717, 1.165) is 5.56 Å². The van der Waals surface area contributed by atoms with Crippen LogP contribution in [0, 0.1) is 0 Å². The summed E-state index contributed by atoms with van der Waals surface area (Å²) in [6.45, 7) is 6.03. The number of rotatable bonds is 3. The van der Waals surface area contributed by atoms with Crippen molar-refractivity contribution in [2.24, 2.45) is 7.05 Å². The molecule has 0 aliphatic carbocycles. The van der Waals surface area contributed by atoms with Crippen LogP contribution in [-0.4, -0.2) is 18.9 Å². The Bertz CT molecular complexity index is 325. The van der Waals surface area contributed by atoms with E-state index < -0.39 is 8.32 Å². The van der Waals surface area contributed by atoms with Crippen LogP contribution in [-0.2, 0) is 22.7 Å². The number of nitrogens with zero attached hydrogens (tertiary/aromatic N) is 1. The third-order valence-electron chi connectivity index (χ3n) is 1.66. The van der Waals surface area contributed by atoms with Crippen LogP contribution in [0.3, 0.4) is 0 Å². The topological polar surface area (TPSA) is 31.2 Å². The highest BCUT2D eigenvalue weighted by atomic mass is 28.4. The van der Waals surface area contributed by atoms with E-state index in [1.165, 1.54) is 0 Å². The molecule has 0 N–H and O–H groups in total. The molecule has 0 fully saturated rings. The van der Waals surface area contributed by atoms with Gasteiger partial charge in [0.2, 0.25) is 8.32 Å². The molecule has 0 saturated heterocycles. The standard InChI is InChI=1S/C10H17NO2Si/c1-11-6-5-9(8-11)7-10(12)13-14(2,3)4/h5-6,8H,7H2,1-4H3. The molecule has 0 radical (unpaired) electrons. The van der Waals surface area contributed by atoms with Gasteiger partial charge >= 0.3 is 0 Å². The summed E-state index contributed by atoms with van der Waals surface area (Å²) in [6.07, 6.45) is 4.24. The molecule has 1 aromatic heterocycles. The fourth-order valence-electron chi connectivity index (χ4n) is 1.21. The van der Waals surface area contributed by atoms with Gasteiger partial charge in [-0.05, 0) is 31.3 Å². The molecule has 0 amide bonds. The Kier molecular flexibility index (Phi) is 3.16. The van der Waals surface area contributed by atoms with Gasteiger partial charge in [-0.15, -0.1) is 0 Å². The second kappa shape index (κ2) is 4.00. The lowest BCUT2D eigenvalue weighted by Crippen LogP contribution is -2.29. The normalized spacial score (nSPS) is 11.4. The summed E-state index contributed by atoms with van der Waals surface area (Å²) in [4.78, 5) is 11.4. The lowest BCUT2D eigenvalue weighted by molar-refractivity contribution is -0.134. The predicted molar refractivity (Wildman–Crippen MR) is 58.6 cm³/mol. The van der Waals surface area contributed by atoms with E-state index in [0.29, 0.717) is 6.42 Å². The summed E-state index contributed by atoms with van der Waals surface area (Å²) in [5.74, 6) is -0.115. The van der Waals surface area contributed by atoms with Gasteiger partial charge in [0.25, 0.3) is 5.97 Å². The van der Waals surface area contributed by atoms with Crippen molar-refractivity contribution < 1.29 is 9.22 Å². The van der Waals surface area contributed by atoms with Gasteiger partial charge in [0.15, 0.2) is 0 Å². The van der Waals surface area contributed by atoms with Gasteiger partial charge in [-0.2, -0.15) is 0 Å². The smallest absolute Gasteiger partial charge is 0.296 e. The minimum absolute atomic E-state index is 0.115. The molecule has 0 bridgehead atoms. The summed E-state index contributed by atoms with van der Waals surface area (Å²) >= 11 is 0. The Balaban J connectivity index is 2.50. The first-order chi connectivity index (χ1) is 6.37. The van der Waals surface area contributed by atoms with Gasteiger partial charge in [-0.25, -0.2) is 0 Å². The predicted octanol–water partition coefficient (Wildman–Crippen LogP) is 1.95. The average Bonchev–Trinajstić information content (AvgIpc) is 2.30. The second-order valence-corrected chi connectivity index (χ2v) is 8.88. The maximum absolute atomic E-state index is 11.4. The maximum Gasteiger partial charge on any atom is 0.296 e. The molecule has 0 unspecified atom stereocenters. The molecule has 14 heavy (non-hydrogen) atoms. The molecule has 0 aromatic carbocycles. The first kappa shape index (κ1) is 11.0. The highest BCUT2D eigenvalue weighted by Gasteiger charge is 2.19. The molecule has 0 atom stereocenters. The maximum atomic E-state index is 11.4. The van der Waals surface area contributed by atoms with Crippen molar-refractivity contribution in [1.82, 2.24) is 4.57 Å². The molecule has 1 aromatic rings. The Morgan fingerprint density at radius 1 is 1.50 bits per heavy atom. The van der Waals surface area contributed by atoms with E-state index in [1.54, 1.807) is 0 Å². The van der Waals surface area contributed by atoms with Crippen molar-refractivity contribution in [1.29, 1.82) is 0 Å². The first-order valence-electron chi connectivity index (χ1n) is 4.69. The van der Waals surface area contributed by atoms with Crippen molar-refractivity contribution in [3.05, 3.63) is 24.0 Å². The number of carbonyl (C=O) groups is 1. The number of aryl methyl sites for hydroxylation is 1. The van der Waals surface area contributed by atoms with Crippen molar-refractivity contribution >= 4 is 14.3 Å². The summed E-state index contributed by atoms with van der Waals surface area (Å²) < 4.78 is 7.27. The van der Waals surface area contributed by atoms with Gasteiger partial charge < -0.3 is 8.99 Å². The average molecular weight is 211 g/mol. The van der Waals surface area contributed by atoms with Crippen molar-refractivity contribution in [2.75, 3.05) is 0 Å². The van der Waals surface area contributed by atoms with Crippen LogP contribution in [0.25, 0.3) is 0 Å². The molecule has 1 heterocycles. The zero-order chi connectivity index (χ0) is 10.8. The summed E-state index contributed by atoms with van der Waals surface area (Å²) in [7, 11) is 0.214. The Hall–Kier alpha value is -1.03. The zero-order valence-electron chi connectivity index (χ0n) is 9.20. The fraction of sp³-hybridized carbons (Fsp3) is 0.500. The third kappa shape index (κ3) is 3.78. The molecular weight excluding hydrogens is 194 g/mol. The van der Waals surface area contributed by atoms with Gasteiger partial charge in [0.05, 0.1) is 6.42 Å². The summed E-state index contributed by atoms with van der Waals surface area (Å²) in [5, 5.41) is 0. The lowest BCUT2D eigenvalue weighted by atomic mass is 10.2. The van der Waals surface area contributed by atoms with E-state index in [4.69, 9.17) is 4.43 Å². The van der Waals surface area contributed by atoms with Crippen LogP contribution in [0.15, 0.2) is 18.5 Å². The Morgan fingerprint density at radius 2 is 2.14 bits per heavy atom. The van der Waals surface area contributed by atoms with Crippen LogP contribution in [0.2, 0.25) is 19.6 Å². The molecule has 0 aliphatic rings. The molecule has 78 valence electrons. The Morgan fingerprint density at radius 3 is 2.57 bits per heavy atom. The van der Waals surface area contributed by atoms with Crippen LogP contribution >= 0.6 is 0 Å². The van der Waals surface area contributed by atoms with Gasteiger partial charge in [-0.1, -0.05) is 0 Å². The van der Waals surface area contributed by atoms with Gasteiger partial charge in [-0.3, -0.25) is 4.79 Å². The molecular formula is C10H17NO2Si. The number of hydrogen-bond donors (Lipinski definition) is 0. The summed E-state index contributed by atoms with van der Waals surface area (Å²) in [5.41, 5.74) is 1.01. The number of aromatic nitrogens is 1. The van der Waals surface area contributed by atoms with Crippen molar-refractivity contribution in [3.63, 3.8) is 0 Å². The monoisotopic (exact) mass is 211 g/mol. The second-order valence-electron chi connectivity index (χ2n) is 4.45. The van der Waals surface area contributed by atoms with Crippen LogP contribution in [0.5, 0.6) is 0 Å². The largest absolute Gasteiger partial charge is 0.520 e. The van der Waals surface area contributed by atoms with Crippen LogP contribution in [0.1, 0.15) is 5.56 Å². The molecule has 3 nitrogen and oxygen atoms in total. The minimum atomic E-state index is -1.72. The van der Waals surface area contributed by atoms with Crippen molar-refractivity contribution in [3.8, 4) is 0 Å². The quantitative estimate of drug-likeness (QED) is 0.716. The highest BCUT2D eigenvalue weighted by Crippen LogP contribution is 2.07. The number of hydrogen-bond acceptors (Lipinski definition) is 2. The van der Waals surface area contributed by atoms with Crippen LogP contribution in [0.4, 0.5) is 0 Å². The summed E-state index contributed by atoms with van der Waals surface area (Å²) in [6, 6.07) is 1.94. The van der Waals surface area contributed by atoms with Gasteiger partial charge in [0, 0.05) is 19.4 Å². The molecule has 0 aliphatic heterocycles. The third-order valence-corrected chi connectivity index (χ3v) is 2.50. The molecule has 0 saturated carbocycles. The fourth-order valence-corrected chi connectivity index (χ4v) is 1.96. The molecule has 0 spiro atoms. The first-order valence-corrected chi connectivity index (χ1v) is 8.10. The van der Waals surface area contributed by atoms with Crippen LogP contribution < -0.4 is 0 Å². The van der Waals surface area contributed by atoms with Gasteiger partial charge in [0.1, 0.15) is 0 Å². The van der Waals surface area contributed by atoms with Crippen molar-refractivity contribution in [2.45, 2.75) is 26.1 Å². The SMILES string of the molecule is Cn1ccc(CC(=O)O[Si](C)(C)C)c1. The van der Waals surface area contributed by atoms with E-state index in [-0.39, 0.29) is 5.97 Å². The minimum Gasteiger partial charge on any atom is -0.520 e. The lowest BCUT2D eigenvalue weighted by Gasteiger charge is -2.16. The Labute approximate surface area is 85.8 Å². The zero-order valence-corrected chi connectivity index (χ0v) is 10.2. The molecule has 4 heteroatoms. The number of carbonyl (C=O) groups excluding carboxylic acids is 1. The van der Waals surface area contributed by atoms with E-state index in [2.05, 4.69) is 0 Å². The van der Waals surface area contributed by atoms with E-state index in [1.807, 2.05) is 49.7 Å².